The smallest absolute Gasteiger partial charge is 0.254 e. The molecule has 0 radical (unpaired) electrons. The number of thiazole rings is 1. The van der Waals surface area contributed by atoms with Crippen molar-refractivity contribution >= 4 is 32.6 Å². The molecule has 114 valence electrons. The van der Waals surface area contributed by atoms with E-state index in [0.717, 1.165) is 41.6 Å². The number of nitrogens with two attached hydrogens (primary N) is 1. The lowest BCUT2D eigenvalue weighted by atomic mass is 10.1. The summed E-state index contributed by atoms with van der Waals surface area (Å²) in [5.41, 5.74) is 7.29. The third kappa shape index (κ3) is 3.73. The summed E-state index contributed by atoms with van der Waals surface area (Å²) in [6, 6.07) is 5.83. The highest BCUT2D eigenvalue weighted by atomic mass is 32.1. The van der Waals surface area contributed by atoms with Crippen LogP contribution in [0.4, 0.5) is 5.13 Å². The molecule has 2 rings (SSSR count). The van der Waals surface area contributed by atoms with Gasteiger partial charge in [0.25, 0.3) is 5.91 Å². The van der Waals surface area contributed by atoms with Crippen LogP contribution in [-0.4, -0.2) is 28.4 Å². The van der Waals surface area contributed by atoms with Crippen molar-refractivity contribution in [3.8, 4) is 0 Å². The highest BCUT2D eigenvalue weighted by Gasteiger charge is 2.19. The van der Waals surface area contributed by atoms with Crippen molar-refractivity contribution < 1.29 is 4.79 Å². The van der Waals surface area contributed by atoms with Crippen molar-refractivity contribution in [1.29, 1.82) is 0 Å². The minimum Gasteiger partial charge on any atom is -0.375 e. The Hall–Kier alpha value is -1.62. The number of carbonyl (C=O) groups is 1. The number of unbranched alkanes of at least 4 members (excludes halogenated alkanes) is 2. The van der Waals surface area contributed by atoms with Gasteiger partial charge in [0.15, 0.2) is 5.13 Å². The average molecular weight is 305 g/mol. The van der Waals surface area contributed by atoms with Crippen LogP contribution < -0.4 is 5.73 Å². The van der Waals surface area contributed by atoms with Crippen LogP contribution in [0.3, 0.4) is 0 Å². The molecule has 0 aliphatic carbocycles. The van der Waals surface area contributed by atoms with Crippen molar-refractivity contribution in [2.45, 2.75) is 46.1 Å². The van der Waals surface area contributed by atoms with E-state index in [9.17, 15) is 4.79 Å². The number of rotatable bonds is 6. The molecule has 5 heteroatoms. The lowest BCUT2D eigenvalue weighted by Crippen LogP contribution is -2.37. The van der Waals surface area contributed by atoms with Crippen molar-refractivity contribution in [1.82, 2.24) is 9.88 Å². The second-order valence-electron chi connectivity index (χ2n) is 5.53. The third-order valence-corrected chi connectivity index (χ3v) is 4.39. The zero-order valence-electron chi connectivity index (χ0n) is 12.9. The van der Waals surface area contributed by atoms with E-state index in [0.29, 0.717) is 5.13 Å². The first-order valence-electron chi connectivity index (χ1n) is 7.50. The van der Waals surface area contributed by atoms with Gasteiger partial charge in [-0.3, -0.25) is 4.79 Å². The Balaban J connectivity index is 2.20. The molecule has 0 aliphatic heterocycles. The summed E-state index contributed by atoms with van der Waals surface area (Å²) < 4.78 is 0.968. The number of aromatic nitrogens is 1. The minimum atomic E-state index is 0.0926. The standard InChI is InChI=1S/C16H23N3OS/c1-4-5-6-9-19(11(2)3)15(20)12-7-8-13-14(10-12)21-16(17)18-13/h7-8,10-11H,4-6,9H2,1-3H3,(H2,17,18). The zero-order chi connectivity index (χ0) is 15.4. The summed E-state index contributed by atoms with van der Waals surface area (Å²) in [5, 5.41) is 0.540. The quantitative estimate of drug-likeness (QED) is 0.823. The van der Waals surface area contributed by atoms with Gasteiger partial charge in [0.05, 0.1) is 10.2 Å². The largest absolute Gasteiger partial charge is 0.375 e. The average Bonchev–Trinajstić information content (AvgIpc) is 2.81. The van der Waals surface area contributed by atoms with Crippen LogP contribution in [0.1, 0.15) is 50.4 Å². The fourth-order valence-corrected chi connectivity index (χ4v) is 3.14. The highest BCUT2D eigenvalue weighted by Crippen LogP contribution is 2.25. The van der Waals surface area contributed by atoms with Crippen molar-refractivity contribution in [3.63, 3.8) is 0 Å². The fourth-order valence-electron chi connectivity index (χ4n) is 2.37. The van der Waals surface area contributed by atoms with E-state index in [4.69, 9.17) is 5.73 Å². The number of anilines is 1. The Morgan fingerprint density at radius 1 is 1.38 bits per heavy atom. The Labute approximate surface area is 130 Å². The SMILES string of the molecule is CCCCCN(C(=O)c1ccc2nc(N)sc2c1)C(C)C. The predicted molar refractivity (Wildman–Crippen MR) is 89.7 cm³/mol. The zero-order valence-corrected chi connectivity index (χ0v) is 13.7. The maximum Gasteiger partial charge on any atom is 0.254 e. The van der Waals surface area contributed by atoms with E-state index in [-0.39, 0.29) is 11.9 Å². The second kappa shape index (κ2) is 6.89. The van der Waals surface area contributed by atoms with Crippen LogP contribution in [-0.2, 0) is 0 Å². The number of hydrogen-bond donors (Lipinski definition) is 1. The lowest BCUT2D eigenvalue weighted by Gasteiger charge is -2.27. The molecule has 1 heterocycles. The third-order valence-electron chi connectivity index (χ3n) is 3.54. The van der Waals surface area contributed by atoms with Crippen LogP contribution in [0.2, 0.25) is 0 Å². The summed E-state index contributed by atoms with van der Waals surface area (Å²) in [7, 11) is 0. The van der Waals surface area contributed by atoms with E-state index in [1.807, 2.05) is 23.1 Å². The molecule has 4 nitrogen and oxygen atoms in total. The number of nitrogens with zero attached hydrogens (tertiary/aromatic N) is 2. The molecule has 2 N–H and O–H groups in total. The van der Waals surface area contributed by atoms with Crippen LogP contribution >= 0.6 is 11.3 Å². The first kappa shape index (κ1) is 15.8. The molecular formula is C16H23N3OS. The Kier molecular flexibility index (Phi) is 5.17. The molecule has 0 spiro atoms. The van der Waals surface area contributed by atoms with Gasteiger partial charge in [0, 0.05) is 18.2 Å². The summed E-state index contributed by atoms with van der Waals surface area (Å²) in [5.74, 6) is 0.0926. The molecular weight excluding hydrogens is 282 g/mol. The number of hydrogen-bond acceptors (Lipinski definition) is 4. The topological polar surface area (TPSA) is 59.2 Å². The van der Waals surface area contributed by atoms with Crippen LogP contribution in [0.15, 0.2) is 18.2 Å². The molecule has 0 bridgehead atoms. The maximum absolute atomic E-state index is 12.7. The highest BCUT2D eigenvalue weighted by molar-refractivity contribution is 7.22. The maximum atomic E-state index is 12.7. The molecule has 2 aromatic rings. The number of fused-ring (bicyclic) bond motifs is 1. The molecule has 0 fully saturated rings. The van der Waals surface area contributed by atoms with Gasteiger partial charge in [-0.1, -0.05) is 31.1 Å². The predicted octanol–water partition coefficient (Wildman–Crippen LogP) is 3.92. The van der Waals surface area contributed by atoms with Gasteiger partial charge in [0.1, 0.15) is 0 Å². The van der Waals surface area contributed by atoms with Crippen LogP contribution in [0.25, 0.3) is 10.2 Å². The summed E-state index contributed by atoms with van der Waals surface area (Å²) in [6.45, 7) is 7.11. The molecule has 21 heavy (non-hydrogen) atoms. The van der Waals surface area contributed by atoms with Gasteiger partial charge in [-0.05, 0) is 38.5 Å². The minimum absolute atomic E-state index is 0.0926. The molecule has 0 saturated carbocycles. The summed E-state index contributed by atoms with van der Waals surface area (Å²) in [6.07, 6.45) is 3.36. The van der Waals surface area contributed by atoms with Gasteiger partial charge < -0.3 is 10.6 Å². The molecule has 0 aliphatic rings. The number of carbonyl (C=O) groups excluding carboxylic acids is 1. The molecule has 0 atom stereocenters. The van der Waals surface area contributed by atoms with Gasteiger partial charge in [-0.15, -0.1) is 0 Å². The van der Waals surface area contributed by atoms with E-state index in [2.05, 4.69) is 25.8 Å². The monoisotopic (exact) mass is 305 g/mol. The Bertz CT molecular complexity index is 621. The van der Waals surface area contributed by atoms with Crippen LogP contribution in [0, 0.1) is 0 Å². The van der Waals surface area contributed by atoms with Gasteiger partial charge in [0.2, 0.25) is 0 Å². The number of benzene rings is 1. The van der Waals surface area contributed by atoms with Crippen molar-refractivity contribution in [2.75, 3.05) is 12.3 Å². The molecule has 0 unspecified atom stereocenters. The second-order valence-corrected chi connectivity index (χ2v) is 6.60. The summed E-state index contributed by atoms with van der Waals surface area (Å²) in [4.78, 5) is 18.9. The summed E-state index contributed by atoms with van der Waals surface area (Å²) >= 11 is 1.42. The fraction of sp³-hybridized carbons (Fsp3) is 0.500. The lowest BCUT2D eigenvalue weighted by molar-refractivity contribution is 0.0702. The van der Waals surface area contributed by atoms with E-state index < -0.39 is 0 Å². The Morgan fingerprint density at radius 3 is 2.81 bits per heavy atom. The van der Waals surface area contributed by atoms with Gasteiger partial charge in [-0.2, -0.15) is 0 Å². The van der Waals surface area contributed by atoms with E-state index in [1.54, 1.807) is 0 Å². The molecule has 1 amide bonds. The Morgan fingerprint density at radius 2 is 2.14 bits per heavy atom. The van der Waals surface area contributed by atoms with Gasteiger partial charge >= 0.3 is 0 Å². The first-order chi connectivity index (χ1) is 10.0. The van der Waals surface area contributed by atoms with Crippen molar-refractivity contribution in [3.05, 3.63) is 23.8 Å². The normalized spacial score (nSPS) is 11.2. The number of amides is 1. The first-order valence-corrected chi connectivity index (χ1v) is 8.31. The van der Waals surface area contributed by atoms with Crippen LogP contribution in [0.5, 0.6) is 0 Å². The van der Waals surface area contributed by atoms with Gasteiger partial charge in [-0.25, -0.2) is 4.98 Å². The van der Waals surface area contributed by atoms with Crippen molar-refractivity contribution in [2.24, 2.45) is 0 Å². The molecule has 1 aromatic heterocycles. The van der Waals surface area contributed by atoms with E-state index in [1.165, 1.54) is 11.3 Å². The number of nitrogen functional groups attached to an aromatic ring is 1. The molecule has 1 aromatic carbocycles. The molecule has 0 saturated heterocycles. The van der Waals surface area contributed by atoms with E-state index >= 15 is 0 Å².